The minimum Gasteiger partial charge on any atom is -0.303 e. The summed E-state index contributed by atoms with van der Waals surface area (Å²) in [4.78, 5) is 21.7. The maximum absolute atomic E-state index is 10.9. The van der Waals surface area contributed by atoms with Crippen LogP contribution in [0.2, 0.25) is 0 Å². The number of hydrogen-bond acceptors (Lipinski definition) is 3. The third-order valence-corrected chi connectivity index (χ3v) is 2.32. The predicted molar refractivity (Wildman–Crippen MR) is 62.2 cm³/mol. The molecule has 0 aromatic heterocycles. The van der Waals surface area contributed by atoms with E-state index < -0.39 is 6.04 Å². The average Bonchev–Trinajstić information content (AvgIpc) is 2.15. The van der Waals surface area contributed by atoms with Crippen molar-refractivity contribution in [1.29, 1.82) is 0 Å². The Bertz CT molecular complexity index is 201. The summed E-state index contributed by atoms with van der Waals surface area (Å²) >= 11 is 5.56. The Hall–Kier alpha value is -0.410. The summed E-state index contributed by atoms with van der Waals surface area (Å²) in [6, 6.07) is -0.411. The first kappa shape index (κ1) is 14.6. The van der Waals surface area contributed by atoms with Gasteiger partial charge in [-0.3, -0.25) is 0 Å². The van der Waals surface area contributed by atoms with Crippen molar-refractivity contribution in [2.24, 2.45) is 5.92 Å². The maximum atomic E-state index is 10.9. The highest BCUT2D eigenvalue weighted by Gasteiger charge is 2.24. The molecule has 0 amide bonds. The number of carbonyl (C=O) groups is 2. The van der Waals surface area contributed by atoms with E-state index in [-0.39, 0.29) is 11.5 Å². The molecule has 0 spiro atoms. The lowest BCUT2D eigenvalue weighted by Crippen LogP contribution is -2.48. The fourth-order valence-corrected chi connectivity index (χ4v) is 1.54. The second-order valence-corrected chi connectivity index (χ2v) is 5.07. The molecule has 1 N–H and O–H groups in total. The van der Waals surface area contributed by atoms with Gasteiger partial charge in [-0.2, -0.15) is 0 Å². The minimum atomic E-state index is -0.411. The third-order valence-electron chi connectivity index (χ3n) is 2.05. The molecule has 0 saturated heterocycles. The van der Waals surface area contributed by atoms with Gasteiger partial charge in [-0.15, -0.1) is 11.6 Å². The van der Waals surface area contributed by atoms with Crippen molar-refractivity contribution in [3.8, 4) is 0 Å². The molecule has 0 aliphatic rings. The van der Waals surface area contributed by atoms with Crippen LogP contribution in [-0.4, -0.2) is 30.0 Å². The first-order valence-electron chi connectivity index (χ1n) is 5.19. The van der Waals surface area contributed by atoms with E-state index in [9.17, 15) is 9.59 Å². The van der Waals surface area contributed by atoms with Crippen molar-refractivity contribution in [3.63, 3.8) is 0 Å². The van der Waals surface area contributed by atoms with Gasteiger partial charge in [-0.05, 0) is 33.6 Å². The Balaban J connectivity index is 4.33. The van der Waals surface area contributed by atoms with Crippen molar-refractivity contribution in [2.45, 2.75) is 45.2 Å². The van der Waals surface area contributed by atoms with Crippen LogP contribution in [0.5, 0.6) is 0 Å². The van der Waals surface area contributed by atoms with E-state index in [2.05, 4.69) is 5.32 Å². The smallest absolute Gasteiger partial charge is 0.137 e. The van der Waals surface area contributed by atoms with Gasteiger partial charge in [0, 0.05) is 17.3 Å². The molecule has 0 aromatic carbocycles. The molecule has 0 saturated carbocycles. The van der Waals surface area contributed by atoms with Crippen molar-refractivity contribution in [3.05, 3.63) is 0 Å². The third kappa shape index (κ3) is 6.63. The fraction of sp³-hybridized carbons (Fsp3) is 0.818. The molecule has 88 valence electrons. The van der Waals surface area contributed by atoms with Crippen LogP contribution in [0.15, 0.2) is 0 Å². The van der Waals surface area contributed by atoms with E-state index in [1.807, 2.05) is 20.8 Å². The van der Waals surface area contributed by atoms with E-state index in [1.165, 1.54) is 0 Å². The molecule has 0 aromatic rings. The SMILES string of the molecule is CC(C)(C)N[C@@H](C=O)[C@H](C=O)CCCCl. The summed E-state index contributed by atoms with van der Waals surface area (Å²) in [6.45, 7) is 5.90. The number of rotatable bonds is 7. The lowest BCUT2D eigenvalue weighted by atomic mass is 9.94. The molecule has 0 rings (SSSR count). The molecule has 3 nitrogen and oxygen atoms in total. The Morgan fingerprint density at radius 2 is 1.87 bits per heavy atom. The molecule has 0 fully saturated rings. The quantitative estimate of drug-likeness (QED) is 0.539. The number of alkyl halides is 1. The topological polar surface area (TPSA) is 46.2 Å². The molecule has 0 radical (unpaired) electrons. The summed E-state index contributed by atoms with van der Waals surface area (Å²) in [5.74, 6) is 0.242. The molecular weight excluding hydrogens is 214 g/mol. The van der Waals surface area contributed by atoms with Crippen molar-refractivity contribution < 1.29 is 9.59 Å². The van der Waals surface area contributed by atoms with E-state index in [4.69, 9.17) is 11.6 Å². The van der Waals surface area contributed by atoms with Crippen LogP contribution in [-0.2, 0) is 9.59 Å². The first-order valence-corrected chi connectivity index (χ1v) is 5.72. The molecule has 2 atom stereocenters. The molecule has 4 heteroatoms. The molecule has 0 bridgehead atoms. The monoisotopic (exact) mass is 233 g/mol. The number of halogens is 1. The summed E-state index contributed by atoms with van der Waals surface area (Å²) < 4.78 is 0. The van der Waals surface area contributed by atoms with Gasteiger partial charge in [-0.1, -0.05) is 0 Å². The predicted octanol–water partition coefficient (Wildman–Crippen LogP) is 1.78. The lowest BCUT2D eigenvalue weighted by molar-refractivity contribution is -0.118. The number of nitrogens with one attached hydrogen (secondary N) is 1. The van der Waals surface area contributed by atoms with Gasteiger partial charge < -0.3 is 14.9 Å². The highest BCUT2D eigenvalue weighted by Crippen LogP contribution is 2.12. The fourth-order valence-electron chi connectivity index (χ4n) is 1.39. The number of hydrogen-bond donors (Lipinski definition) is 1. The normalized spacial score (nSPS) is 15.7. The van der Waals surface area contributed by atoms with Gasteiger partial charge in [-0.25, -0.2) is 0 Å². The largest absolute Gasteiger partial charge is 0.303 e. The zero-order chi connectivity index (χ0) is 11.9. The first-order chi connectivity index (χ1) is 6.94. The number of carbonyl (C=O) groups excluding carboxylic acids is 2. The van der Waals surface area contributed by atoms with Crippen LogP contribution in [0.25, 0.3) is 0 Å². The van der Waals surface area contributed by atoms with Crippen molar-refractivity contribution in [1.82, 2.24) is 5.32 Å². The summed E-state index contributed by atoms with van der Waals surface area (Å²) in [6.07, 6.45) is 3.05. The molecule has 0 heterocycles. The van der Waals surface area contributed by atoms with Gasteiger partial charge in [0.2, 0.25) is 0 Å². The van der Waals surface area contributed by atoms with Gasteiger partial charge >= 0.3 is 0 Å². The Morgan fingerprint density at radius 1 is 1.27 bits per heavy atom. The van der Waals surface area contributed by atoms with Crippen LogP contribution >= 0.6 is 11.6 Å². The Kier molecular flexibility index (Phi) is 6.77. The average molecular weight is 234 g/mol. The Labute approximate surface area is 96.6 Å². The molecule has 0 unspecified atom stereocenters. The lowest BCUT2D eigenvalue weighted by Gasteiger charge is -2.28. The summed E-state index contributed by atoms with van der Waals surface area (Å²) in [5.41, 5.74) is -0.173. The summed E-state index contributed by atoms with van der Waals surface area (Å²) in [5, 5.41) is 3.12. The zero-order valence-corrected chi connectivity index (χ0v) is 10.4. The standard InChI is InChI=1S/C11H20ClNO2/c1-11(2,3)13-10(8-15)9(7-14)5-4-6-12/h7-10,13H,4-6H2,1-3H3/t9-,10-/m0/s1. The maximum Gasteiger partial charge on any atom is 0.137 e. The van der Waals surface area contributed by atoms with E-state index in [0.29, 0.717) is 12.3 Å². The van der Waals surface area contributed by atoms with Crippen molar-refractivity contribution >= 4 is 24.2 Å². The summed E-state index contributed by atoms with van der Waals surface area (Å²) in [7, 11) is 0. The molecule has 0 aliphatic heterocycles. The molecule has 15 heavy (non-hydrogen) atoms. The number of aldehydes is 2. The van der Waals surface area contributed by atoms with Crippen molar-refractivity contribution in [2.75, 3.05) is 5.88 Å². The van der Waals surface area contributed by atoms with Crippen LogP contribution < -0.4 is 5.32 Å². The van der Waals surface area contributed by atoms with E-state index >= 15 is 0 Å². The van der Waals surface area contributed by atoms with Gasteiger partial charge in [0.1, 0.15) is 12.6 Å². The minimum absolute atomic E-state index is 0.173. The highest BCUT2D eigenvalue weighted by molar-refractivity contribution is 6.17. The molecule has 0 aliphatic carbocycles. The van der Waals surface area contributed by atoms with Crippen LogP contribution in [0.4, 0.5) is 0 Å². The molecular formula is C11H20ClNO2. The van der Waals surface area contributed by atoms with Gasteiger partial charge in [0.15, 0.2) is 0 Å². The van der Waals surface area contributed by atoms with Gasteiger partial charge in [0.05, 0.1) is 6.04 Å². The highest BCUT2D eigenvalue weighted by atomic mass is 35.5. The second-order valence-electron chi connectivity index (χ2n) is 4.69. The van der Waals surface area contributed by atoms with Crippen LogP contribution in [0.3, 0.4) is 0 Å². The Morgan fingerprint density at radius 3 is 2.20 bits per heavy atom. The second kappa shape index (κ2) is 6.96. The van der Waals surface area contributed by atoms with Crippen LogP contribution in [0, 0.1) is 5.92 Å². The van der Waals surface area contributed by atoms with E-state index in [0.717, 1.165) is 19.0 Å². The van der Waals surface area contributed by atoms with Gasteiger partial charge in [0.25, 0.3) is 0 Å². The van der Waals surface area contributed by atoms with E-state index in [1.54, 1.807) is 0 Å². The van der Waals surface area contributed by atoms with Crippen LogP contribution in [0.1, 0.15) is 33.6 Å². The zero-order valence-electron chi connectivity index (χ0n) is 9.63.